The number of hydrogen-bond acceptors (Lipinski definition) is 5. The summed E-state index contributed by atoms with van der Waals surface area (Å²) in [5, 5.41) is 12.1. The van der Waals surface area contributed by atoms with Crippen molar-refractivity contribution in [2.75, 3.05) is 5.32 Å². The van der Waals surface area contributed by atoms with Crippen molar-refractivity contribution >= 4 is 22.7 Å². The Bertz CT molecular complexity index is 1150. The van der Waals surface area contributed by atoms with Crippen molar-refractivity contribution in [3.05, 3.63) is 73.9 Å². The third-order valence-electron chi connectivity index (χ3n) is 3.93. The van der Waals surface area contributed by atoms with E-state index in [0.717, 1.165) is 4.57 Å². The van der Waals surface area contributed by atoms with Gasteiger partial charge in [-0.1, -0.05) is 18.2 Å². The summed E-state index contributed by atoms with van der Waals surface area (Å²) in [6.45, 7) is 1.59. The lowest BCUT2D eigenvalue weighted by Gasteiger charge is -2.10. The molecule has 0 aliphatic carbocycles. The Balaban J connectivity index is 2.17. The van der Waals surface area contributed by atoms with Crippen LogP contribution in [0.4, 0.5) is 5.69 Å². The van der Waals surface area contributed by atoms with Gasteiger partial charge in [0.1, 0.15) is 17.3 Å². The fraction of sp³-hybridized carbons (Fsp3) is 0.111. The number of carbonyl (C=O) groups is 1. The molecule has 3 aromatic rings. The van der Waals surface area contributed by atoms with Gasteiger partial charge >= 0.3 is 5.63 Å². The second kappa shape index (κ2) is 6.09. The van der Waals surface area contributed by atoms with Crippen LogP contribution in [0, 0.1) is 18.3 Å². The lowest BCUT2D eigenvalue weighted by Crippen LogP contribution is -2.24. The molecular weight excluding hydrogens is 322 g/mol. The lowest BCUT2D eigenvalue weighted by molar-refractivity contribution is 0.102. The van der Waals surface area contributed by atoms with Crippen molar-refractivity contribution < 1.29 is 9.21 Å². The third kappa shape index (κ3) is 2.70. The first-order chi connectivity index (χ1) is 11.9. The number of fused-ring (bicyclic) bond motifs is 1. The summed E-state index contributed by atoms with van der Waals surface area (Å²) < 4.78 is 6.31. The molecule has 3 rings (SSSR count). The van der Waals surface area contributed by atoms with Crippen LogP contribution < -0.4 is 16.5 Å². The fourth-order valence-corrected chi connectivity index (χ4v) is 2.54. The molecule has 1 amide bonds. The Morgan fingerprint density at radius 1 is 1.24 bits per heavy atom. The number of nitriles is 1. The van der Waals surface area contributed by atoms with Crippen LogP contribution in [0.15, 0.2) is 50.4 Å². The number of nitrogens with one attached hydrogen (secondary N) is 1. The molecule has 0 fully saturated rings. The van der Waals surface area contributed by atoms with E-state index in [1.165, 1.54) is 13.1 Å². The highest BCUT2D eigenvalue weighted by atomic mass is 16.4. The quantitative estimate of drug-likeness (QED) is 0.770. The van der Waals surface area contributed by atoms with Crippen molar-refractivity contribution in [3.63, 3.8) is 0 Å². The summed E-state index contributed by atoms with van der Waals surface area (Å²) in [5.41, 5.74) is -0.607. The largest absolute Gasteiger partial charge is 0.404 e. The van der Waals surface area contributed by atoms with Crippen LogP contribution in [-0.2, 0) is 7.05 Å². The number of anilines is 1. The molecule has 1 N–H and O–H groups in total. The van der Waals surface area contributed by atoms with Gasteiger partial charge in [-0.15, -0.1) is 0 Å². The first kappa shape index (κ1) is 16.2. The molecule has 0 saturated heterocycles. The number of pyridine rings is 1. The predicted molar refractivity (Wildman–Crippen MR) is 91.6 cm³/mol. The number of aromatic nitrogens is 1. The minimum Gasteiger partial charge on any atom is -0.404 e. The lowest BCUT2D eigenvalue weighted by atomic mass is 10.1. The molecule has 0 spiro atoms. The minimum atomic E-state index is -0.782. The molecule has 0 saturated carbocycles. The summed E-state index contributed by atoms with van der Waals surface area (Å²) in [5.74, 6) is -0.463. The number of hydrogen-bond donors (Lipinski definition) is 1. The summed E-state index contributed by atoms with van der Waals surface area (Å²) in [6, 6.07) is 11.7. The summed E-state index contributed by atoms with van der Waals surface area (Å²) in [4.78, 5) is 36.5. The van der Waals surface area contributed by atoms with Crippen LogP contribution in [0.5, 0.6) is 0 Å². The Hall–Kier alpha value is -3.66. The van der Waals surface area contributed by atoms with E-state index in [1.54, 1.807) is 37.3 Å². The zero-order chi connectivity index (χ0) is 18.1. The molecule has 124 valence electrons. The first-order valence-electron chi connectivity index (χ1n) is 7.38. The van der Waals surface area contributed by atoms with Crippen molar-refractivity contribution in [3.8, 4) is 6.07 Å². The molecule has 0 aliphatic rings. The van der Waals surface area contributed by atoms with Crippen LogP contribution in [0.25, 0.3) is 11.1 Å². The van der Waals surface area contributed by atoms with Crippen LogP contribution in [0.1, 0.15) is 21.5 Å². The van der Waals surface area contributed by atoms with Gasteiger partial charge in [-0.05, 0) is 30.7 Å². The molecule has 7 nitrogen and oxygen atoms in total. The number of carbonyl (C=O) groups excluding carboxylic acids is 1. The molecule has 0 bridgehead atoms. The number of rotatable bonds is 2. The maximum Gasteiger partial charge on any atom is 0.361 e. The number of nitrogens with zero attached hydrogens (tertiary/aromatic N) is 2. The smallest absolute Gasteiger partial charge is 0.361 e. The second-order valence-electron chi connectivity index (χ2n) is 5.46. The highest BCUT2D eigenvalue weighted by molar-refractivity contribution is 6.04. The summed E-state index contributed by atoms with van der Waals surface area (Å²) in [7, 11) is 1.41. The predicted octanol–water partition coefficient (Wildman–Crippen LogP) is 1.92. The van der Waals surface area contributed by atoms with Gasteiger partial charge in [0.15, 0.2) is 0 Å². The Morgan fingerprint density at radius 2 is 1.92 bits per heavy atom. The van der Waals surface area contributed by atoms with Gasteiger partial charge in [0.2, 0.25) is 5.71 Å². The molecule has 0 radical (unpaired) electrons. The van der Waals surface area contributed by atoms with E-state index in [-0.39, 0.29) is 17.0 Å². The molecule has 1 aromatic carbocycles. The van der Waals surface area contributed by atoms with E-state index < -0.39 is 17.1 Å². The van der Waals surface area contributed by atoms with E-state index >= 15 is 0 Å². The van der Waals surface area contributed by atoms with Gasteiger partial charge in [0.25, 0.3) is 11.5 Å². The standard InChI is InChI=1S/C18H13N3O4/c1-10-12-8-14(20-15(22)11-6-4-3-5-7-11)18(24)25-17(12)21(2)16(23)13(10)9-19/h3-8H,1-2H3,(H,20,22). The van der Waals surface area contributed by atoms with Crippen molar-refractivity contribution in [1.29, 1.82) is 5.26 Å². The fourth-order valence-electron chi connectivity index (χ4n) is 2.54. The molecule has 0 aliphatic heterocycles. The summed E-state index contributed by atoms with van der Waals surface area (Å²) >= 11 is 0. The molecule has 0 atom stereocenters. The van der Waals surface area contributed by atoms with Gasteiger partial charge in [-0.3, -0.25) is 14.2 Å². The third-order valence-corrected chi connectivity index (χ3v) is 3.93. The van der Waals surface area contributed by atoms with E-state index in [0.29, 0.717) is 16.5 Å². The molecule has 7 heteroatoms. The monoisotopic (exact) mass is 335 g/mol. The molecule has 0 unspecified atom stereocenters. The Labute approximate surface area is 141 Å². The van der Waals surface area contributed by atoms with Gasteiger partial charge < -0.3 is 9.73 Å². The molecule has 2 heterocycles. The van der Waals surface area contributed by atoms with Crippen LogP contribution in [0.2, 0.25) is 0 Å². The van der Waals surface area contributed by atoms with E-state index in [4.69, 9.17) is 4.42 Å². The van der Waals surface area contributed by atoms with Gasteiger partial charge in [0, 0.05) is 18.0 Å². The average Bonchev–Trinajstić information content (AvgIpc) is 2.62. The van der Waals surface area contributed by atoms with E-state index in [9.17, 15) is 19.6 Å². The second-order valence-corrected chi connectivity index (χ2v) is 5.46. The Kier molecular flexibility index (Phi) is 3.95. The number of amides is 1. The minimum absolute atomic E-state index is 0.0378. The topological polar surface area (TPSA) is 105 Å². The summed E-state index contributed by atoms with van der Waals surface area (Å²) in [6.07, 6.45) is 0. The highest BCUT2D eigenvalue weighted by Crippen LogP contribution is 2.20. The van der Waals surface area contributed by atoms with Crippen LogP contribution >= 0.6 is 0 Å². The van der Waals surface area contributed by atoms with Crippen molar-refractivity contribution in [1.82, 2.24) is 4.57 Å². The van der Waals surface area contributed by atoms with E-state index in [1.807, 2.05) is 6.07 Å². The van der Waals surface area contributed by atoms with E-state index in [2.05, 4.69) is 5.32 Å². The maximum atomic E-state index is 12.2. The zero-order valence-electron chi connectivity index (χ0n) is 13.5. The normalized spacial score (nSPS) is 10.4. The Morgan fingerprint density at radius 3 is 2.56 bits per heavy atom. The SMILES string of the molecule is Cc1c(C#N)c(=O)n(C)c2oc(=O)c(NC(=O)c3ccccc3)cc12. The van der Waals surface area contributed by atoms with Crippen molar-refractivity contribution in [2.45, 2.75) is 6.92 Å². The number of aryl methyl sites for hydroxylation is 2. The number of benzene rings is 1. The van der Waals surface area contributed by atoms with Crippen LogP contribution in [-0.4, -0.2) is 10.5 Å². The molecule has 2 aromatic heterocycles. The van der Waals surface area contributed by atoms with Crippen LogP contribution in [0.3, 0.4) is 0 Å². The average molecular weight is 335 g/mol. The zero-order valence-corrected chi connectivity index (χ0v) is 13.5. The van der Waals surface area contributed by atoms with Gasteiger partial charge in [0.05, 0.1) is 0 Å². The van der Waals surface area contributed by atoms with Gasteiger partial charge in [-0.25, -0.2) is 4.79 Å². The molecule has 25 heavy (non-hydrogen) atoms. The highest BCUT2D eigenvalue weighted by Gasteiger charge is 2.17. The van der Waals surface area contributed by atoms with Crippen molar-refractivity contribution in [2.24, 2.45) is 7.05 Å². The maximum absolute atomic E-state index is 12.2. The van der Waals surface area contributed by atoms with Gasteiger partial charge in [-0.2, -0.15) is 5.26 Å². The molecular formula is C18H13N3O4. The first-order valence-corrected chi connectivity index (χ1v) is 7.38.